The second kappa shape index (κ2) is 5.11. The minimum atomic E-state index is -0.0322. The Bertz CT molecular complexity index is 423. The largest absolute Gasteiger partial charge is 0.311 e. The van der Waals surface area contributed by atoms with E-state index >= 15 is 0 Å². The van der Waals surface area contributed by atoms with Gasteiger partial charge in [0.15, 0.2) is 0 Å². The quantitative estimate of drug-likeness (QED) is 0.868. The number of benzene rings is 1. The fourth-order valence-corrected chi connectivity index (χ4v) is 2.33. The van der Waals surface area contributed by atoms with Crippen molar-refractivity contribution in [2.75, 3.05) is 18.0 Å². The summed E-state index contributed by atoms with van der Waals surface area (Å²) in [5.41, 5.74) is 2.28. The van der Waals surface area contributed by atoms with Crippen LogP contribution in [0.1, 0.15) is 32.8 Å². The van der Waals surface area contributed by atoms with Gasteiger partial charge in [0, 0.05) is 30.7 Å². The van der Waals surface area contributed by atoms with Crippen molar-refractivity contribution in [2.45, 2.75) is 39.2 Å². The summed E-state index contributed by atoms with van der Waals surface area (Å²) in [5.74, 6) is 0.206. The summed E-state index contributed by atoms with van der Waals surface area (Å²) in [5, 5.41) is 3.41. The zero-order valence-electron chi connectivity index (χ0n) is 11.5. The molecule has 1 aromatic rings. The highest BCUT2D eigenvalue weighted by atomic mass is 16.2. The zero-order chi connectivity index (χ0) is 13.2. The maximum absolute atomic E-state index is 12.1. The minimum Gasteiger partial charge on any atom is -0.311 e. The molecule has 3 nitrogen and oxygen atoms in total. The summed E-state index contributed by atoms with van der Waals surface area (Å²) in [6.45, 7) is 7.89. The molecule has 1 amide bonds. The molecule has 18 heavy (non-hydrogen) atoms. The second-order valence-electron chi connectivity index (χ2n) is 5.56. The first-order chi connectivity index (χ1) is 8.52. The van der Waals surface area contributed by atoms with Crippen molar-refractivity contribution >= 4 is 11.6 Å². The van der Waals surface area contributed by atoms with Gasteiger partial charge in [-0.25, -0.2) is 0 Å². The molecule has 1 aliphatic rings. The van der Waals surface area contributed by atoms with Crippen molar-refractivity contribution in [1.82, 2.24) is 5.32 Å². The van der Waals surface area contributed by atoms with Crippen LogP contribution in [0.15, 0.2) is 24.3 Å². The molecule has 98 valence electrons. The first kappa shape index (κ1) is 13.1. The molecule has 1 N–H and O–H groups in total. The van der Waals surface area contributed by atoms with Gasteiger partial charge in [0.1, 0.15) is 0 Å². The molecule has 0 bridgehead atoms. The van der Waals surface area contributed by atoms with E-state index in [-0.39, 0.29) is 11.4 Å². The first-order valence-corrected chi connectivity index (χ1v) is 6.66. The third-order valence-corrected chi connectivity index (χ3v) is 3.45. The topological polar surface area (TPSA) is 32.3 Å². The van der Waals surface area contributed by atoms with Crippen LogP contribution in [0.3, 0.4) is 0 Å². The monoisotopic (exact) mass is 246 g/mol. The van der Waals surface area contributed by atoms with Crippen molar-refractivity contribution in [3.05, 3.63) is 29.8 Å². The van der Waals surface area contributed by atoms with Gasteiger partial charge < -0.3 is 10.2 Å². The molecule has 0 aliphatic carbocycles. The molecule has 1 heterocycles. The molecule has 2 rings (SSSR count). The Kier molecular flexibility index (Phi) is 3.71. The Morgan fingerprint density at radius 1 is 1.28 bits per heavy atom. The van der Waals surface area contributed by atoms with Gasteiger partial charge >= 0.3 is 0 Å². The highest BCUT2D eigenvalue weighted by molar-refractivity contribution is 5.94. The molecule has 0 unspecified atom stereocenters. The van der Waals surface area contributed by atoms with Crippen LogP contribution in [0.5, 0.6) is 0 Å². The lowest BCUT2D eigenvalue weighted by molar-refractivity contribution is -0.118. The molecule has 0 aromatic heterocycles. The standard InChI is InChI=1S/C15H22N2O/c1-4-12-5-7-13(8-6-12)17-11-15(2,3)16-10-9-14(17)18/h5-8,16H,4,9-11H2,1-3H3. The van der Waals surface area contributed by atoms with Crippen molar-refractivity contribution in [1.29, 1.82) is 0 Å². The number of nitrogens with zero attached hydrogens (tertiary/aromatic N) is 1. The number of hydrogen-bond acceptors (Lipinski definition) is 2. The van der Waals surface area contributed by atoms with Crippen LogP contribution in [-0.2, 0) is 11.2 Å². The van der Waals surface area contributed by atoms with Crippen LogP contribution < -0.4 is 10.2 Å². The number of aryl methyl sites for hydroxylation is 1. The summed E-state index contributed by atoms with van der Waals surface area (Å²) in [4.78, 5) is 14.0. The molecule has 1 aromatic carbocycles. The number of hydrogen-bond donors (Lipinski definition) is 1. The van der Waals surface area contributed by atoms with Gasteiger partial charge in [-0.2, -0.15) is 0 Å². The lowest BCUT2D eigenvalue weighted by atomic mass is 10.0. The molecule has 1 fully saturated rings. The summed E-state index contributed by atoms with van der Waals surface area (Å²) in [6, 6.07) is 8.32. The van der Waals surface area contributed by atoms with Gasteiger partial charge in [-0.1, -0.05) is 19.1 Å². The maximum atomic E-state index is 12.1. The Labute approximate surface area is 109 Å². The Balaban J connectivity index is 2.25. The lowest BCUT2D eigenvalue weighted by Gasteiger charge is -2.30. The van der Waals surface area contributed by atoms with Gasteiger partial charge in [0.05, 0.1) is 0 Å². The van der Waals surface area contributed by atoms with Crippen molar-refractivity contribution < 1.29 is 4.79 Å². The molecule has 1 aliphatic heterocycles. The molecular weight excluding hydrogens is 224 g/mol. The van der Waals surface area contributed by atoms with Gasteiger partial charge in [-0.15, -0.1) is 0 Å². The lowest BCUT2D eigenvalue weighted by Crippen LogP contribution is -2.47. The predicted molar refractivity (Wildman–Crippen MR) is 74.9 cm³/mol. The normalized spacial score (nSPS) is 19.7. The van der Waals surface area contributed by atoms with Crippen molar-refractivity contribution in [3.63, 3.8) is 0 Å². The third-order valence-electron chi connectivity index (χ3n) is 3.45. The minimum absolute atomic E-state index is 0.0322. The third kappa shape index (κ3) is 2.91. The van der Waals surface area contributed by atoms with E-state index in [4.69, 9.17) is 0 Å². The molecule has 0 saturated carbocycles. The smallest absolute Gasteiger partial charge is 0.228 e. The summed E-state index contributed by atoms with van der Waals surface area (Å²) in [7, 11) is 0. The summed E-state index contributed by atoms with van der Waals surface area (Å²) < 4.78 is 0. The number of anilines is 1. The summed E-state index contributed by atoms with van der Waals surface area (Å²) in [6.07, 6.45) is 1.60. The second-order valence-corrected chi connectivity index (χ2v) is 5.56. The van der Waals surface area contributed by atoms with Gasteiger partial charge in [-0.05, 0) is 38.0 Å². The van der Waals surface area contributed by atoms with E-state index in [1.54, 1.807) is 0 Å². The Morgan fingerprint density at radius 3 is 2.56 bits per heavy atom. The predicted octanol–water partition coefficient (Wildman–Crippen LogP) is 2.35. The molecular formula is C15H22N2O. The SMILES string of the molecule is CCc1ccc(N2CC(C)(C)NCCC2=O)cc1. The Hall–Kier alpha value is -1.35. The van der Waals surface area contributed by atoms with Gasteiger partial charge in [0.25, 0.3) is 0 Å². The van der Waals surface area contributed by atoms with Crippen LogP contribution in [0.4, 0.5) is 5.69 Å². The van der Waals surface area contributed by atoms with Gasteiger partial charge in [0.2, 0.25) is 5.91 Å². The van der Waals surface area contributed by atoms with E-state index in [0.29, 0.717) is 6.42 Å². The number of carbonyl (C=O) groups excluding carboxylic acids is 1. The van der Waals surface area contributed by atoms with Crippen LogP contribution in [0.25, 0.3) is 0 Å². The van der Waals surface area contributed by atoms with E-state index in [2.05, 4.69) is 50.4 Å². The molecule has 1 saturated heterocycles. The number of rotatable bonds is 2. The Morgan fingerprint density at radius 2 is 1.94 bits per heavy atom. The van der Waals surface area contributed by atoms with E-state index < -0.39 is 0 Å². The zero-order valence-corrected chi connectivity index (χ0v) is 11.5. The van der Waals surface area contributed by atoms with Crippen molar-refractivity contribution in [3.8, 4) is 0 Å². The van der Waals surface area contributed by atoms with Crippen LogP contribution in [0.2, 0.25) is 0 Å². The molecule has 0 spiro atoms. The summed E-state index contributed by atoms with van der Waals surface area (Å²) >= 11 is 0. The fraction of sp³-hybridized carbons (Fsp3) is 0.533. The maximum Gasteiger partial charge on any atom is 0.228 e. The van der Waals surface area contributed by atoms with Crippen LogP contribution >= 0.6 is 0 Å². The van der Waals surface area contributed by atoms with E-state index in [1.165, 1.54) is 5.56 Å². The highest BCUT2D eigenvalue weighted by Crippen LogP contribution is 2.21. The van der Waals surface area contributed by atoms with Gasteiger partial charge in [-0.3, -0.25) is 4.79 Å². The highest BCUT2D eigenvalue weighted by Gasteiger charge is 2.28. The number of carbonyl (C=O) groups is 1. The fourth-order valence-electron chi connectivity index (χ4n) is 2.33. The van der Waals surface area contributed by atoms with E-state index in [0.717, 1.165) is 25.2 Å². The number of nitrogens with one attached hydrogen (secondary N) is 1. The molecule has 0 atom stereocenters. The van der Waals surface area contributed by atoms with E-state index in [9.17, 15) is 4.79 Å². The first-order valence-electron chi connectivity index (χ1n) is 6.66. The van der Waals surface area contributed by atoms with Crippen LogP contribution in [0, 0.1) is 0 Å². The van der Waals surface area contributed by atoms with Crippen molar-refractivity contribution in [2.24, 2.45) is 0 Å². The molecule has 0 radical (unpaired) electrons. The number of amides is 1. The average Bonchev–Trinajstić information content (AvgIpc) is 2.48. The average molecular weight is 246 g/mol. The van der Waals surface area contributed by atoms with Crippen LogP contribution in [-0.4, -0.2) is 24.5 Å². The van der Waals surface area contributed by atoms with E-state index in [1.807, 2.05) is 4.90 Å². The molecule has 3 heteroatoms.